The van der Waals surface area contributed by atoms with Crippen LogP contribution in [0.3, 0.4) is 0 Å². The first-order chi connectivity index (χ1) is 8.42. The number of aliphatic hydroxyl groups is 1. The summed E-state index contributed by atoms with van der Waals surface area (Å²) in [6.07, 6.45) is -2.72. The molecule has 14 heteroatoms. The van der Waals surface area contributed by atoms with Gasteiger partial charge in [0, 0.05) is 31.7 Å². The Morgan fingerprint density at radius 1 is 0.783 bits per heavy atom. The van der Waals surface area contributed by atoms with Crippen molar-refractivity contribution < 1.29 is 49.5 Å². The number of Topliss-reactive ketones (excluding diaryl/α,β-unsaturated/α-hetero) is 1. The molecule has 0 radical (unpaired) electrons. The summed E-state index contributed by atoms with van der Waals surface area (Å²) in [6, 6.07) is 0. The normalized spacial score (nSPS) is 8.09. The average molecular weight is 416 g/mol. The first kappa shape index (κ1) is 38.0. The van der Waals surface area contributed by atoms with E-state index in [1.165, 1.54) is 0 Å². The van der Waals surface area contributed by atoms with Crippen molar-refractivity contribution in [3.8, 4) is 0 Å². The summed E-state index contributed by atoms with van der Waals surface area (Å²) < 4.78 is 0. The van der Waals surface area contributed by atoms with E-state index in [9.17, 15) is 44.4 Å². The summed E-state index contributed by atoms with van der Waals surface area (Å²) in [5.41, 5.74) is -2.97. The van der Waals surface area contributed by atoms with Gasteiger partial charge in [-0.05, 0) is 39.6 Å². The van der Waals surface area contributed by atoms with Crippen LogP contribution in [0.15, 0.2) is 0 Å². The van der Waals surface area contributed by atoms with E-state index in [0.717, 1.165) is 6.92 Å². The molecule has 0 amide bonds. The van der Waals surface area contributed by atoms with E-state index >= 15 is 0 Å². The van der Waals surface area contributed by atoms with Crippen molar-refractivity contribution >= 4 is 69.3 Å². The number of carboxylic acids is 4. The van der Waals surface area contributed by atoms with E-state index in [2.05, 4.69) is 0 Å². The smallest absolute Gasteiger partial charge is 0.175 e. The molecule has 1 N–H and O–H groups in total. The molecule has 0 saturated heterocycles. The van der Waals surface area contributed by atoms with Crippen molar-refractivity contribution in [1.82, 2.24) is 0 Å². The van der Waals surface area contributed by atoms with E-state index in [0.29, 0.717) is 0 Å². The molecule has 23 heavy (non-hydrogen) atoms. The van der Waals surface area contributed by atoms with E-state index in [4.69, 9.17) is 5.11 Å². The topological polar surface area (TPSA) is 198 Å². The summed E-state index contributed by atoms with van der Waals surface area (Å²) in [7, 11) is 0. The van der Waals surface area contributed by atoms with Gasteiger partial charge in [-0.3, -0.25) is 4.79 Å². The first-order valence-electron chi connectivity index (χ1n) is 4.47. The van der Waals surface area contributed by atoms with Crippen LogP contribution in [0, 0.1) is 0 Å². The quantitative estimate of drug-likeness (QED) is 0.320. The van der Waals surface area contributed by atoms with Gasteiger partial charge in [0.25, 0.3) is 0 Å². The third-order valence-corrected chi connectivity index (χ3v) is 1.54. The second-order valence-electron chi connectivity index (χ2n) is 3.26. The molecule has 0 spiro atoms. The summed E-state index contributed by atoms with van der Waals surface area (Å²) in [6.45, 7) is 0.940. The Labute approximate surface area is 144 Å². The molecule has 4 atom stereocenters. The van der Waals surface area contributed by atoms with E-state index < -0.39 is 48.1 Å². The number of ketones is 1. The number of carbonyl (C=O) groups is 5. The maximum absolute atomic E-state index is 10.1. The van der Waals surface area contributed by atoms with Crippen molar-refractivity contribution in [1.29, 1.82) is 0 Å². The van der Waals surface area contributed by atoms with Crippen LogP contribution in [0.2, 0.25) is 0 Å². The number of carboxylic acid groups (broad SMARTS) is 4. The molecular formula is C9H24O10P4. The fourth-order valence-electron chi connectivity index (χ4n) is 0.684. The number of aliphatic carboxylic acids is 4. The van der Waals surface area contributed by atoms with Crippen LogP contribution < -0.4 is 20.4 Å². The molecule has 0 aliphatic heterocycles. The second kappa shape index (κ2) is 17.6. The average Bonchev–Trinajstić information content (AvgIpc) is 2.14. The van der Waals surface area contributed by atoms with Crippen LogP contribution in [-0.2, 0) is 24.0 Å². The Morgan fingerprint density at radius 2 is 1.00 bits per heavy atom. The lowest BCUT2D eigenvalue weighted by Crippen LogP contribution is -2.54. The monoisotopic (exact) mass is 416 g/mol. The van der Waals surface area contributed by atoms with Gasteiger partial charge >= 0.3 is 0 Å². The van der Waals surface area contributed by atoms with Gasteiger partial charge in [0.15, 0.2) is 5.78 Å². The van der Waals surface area contributed by atoms with Gasteiger partial charge in [-0.1, -0.05) is 0 Å². The zero-order valence-corrected chi connectivity index (χ0v) is 21.5. The van der Waals surface area contributed by atoms with Crippen LogP contribution >= 0.6 is 39.6 Å². The first-order valence-corrected chi connectivity index (χ1v) is 4.47. The van der Waals surface area contributed by atoms with Crippen molar-refractivity contribution in [2.75, 3.05) is 0 Å². The van der Waals surface area contributed by atoms with Gasteiger partial charge < -0.3 is 44.7 Å². The summed E-state index contributed by atoms with van der Waals surface area (Å²) in [5, 5.41) is 48.2. The Balaban J connectivity index is -0.0000000635. The molecule has 0 aliphatic carbocycles. The van der Waals surface area contributed by atoms with Crippen LogP contribution in [0.4, 0.5) is 0 Å². The Hall–Kier alpha value is -0.770. The Kier molecular flexibility index (Phi) is 29.1. The molecule has 0 aromatic carbocycles. The Bertz CT molecular complexity index is 383. The molecule has 0 rings (SSSR count). The summed E-state index contributed by atoms with van der Waals surface area (Å²) in [4.78, 5) is 48.7. The molecule has 0 bridgehead atoms. The SMILES string of the molecule is CC(=O)C(=O)[O-].O=C([O-])CC(O)(CC(=O)[O-])C(=O)[O-].[PH4+].[PH4+].[PH4+].[PH4+]. The molecule has 0 saturated carbocycles. The Morgan fingerprint density at radius 3 is 1.09 bits per heavy atom. The molecule has 0 aromatic heterocycles. The standard InChI is InChI=1S/C6H8O7.C3H4O3.4H3P/c7-3(8)1-6(13,5(11)12)2-4(9)10;1-2(4)3(5)6;;;;/h13H,1-2H2,(H,7,8)(H,9,10)(H,11,12);1H3,(H,5,6);4*1H3. The van der Waals surface area contributed by atoms with Crippen LogP contribution in [-0.4, -0.2) is 40.4 Å². The van der Waals surface area contributed by atoms with Crippen LogP contribution in [0.1, 0.15) is 19.8 Å². The highest BCUT2D eigenvalue weighted by Crippen LogP contribution is 2.13. The highest BCUT2D eigenvalue weighted by atomic mass is 31.0. The predicted molar refractivity (Wildman–Crippen MR) is 94.9 cm³/mol. The van der Waals surface area contributed by atoms with Crippen molar-refractivity contribution in [3.05, 3.63) is 0 Å². The lowest BCUT2D eigenvalue weighted by molar-refractivity contribution is -0.339. The summed E-state index contributed by atoms with van der Waals surface area (Å²) >= 11 is 0. The minimum Gasteiger partial charge on any atom is -0.550 e. The highest BCUT2D eigenvalue weighted by Gasteiger charge is 2.29. The number of hydrogen-bond donors (Lipinski definition) is 1. The van der Waals surface area contributed by atoms with Crippen molar-refractivity contribution in [2.45, 2.75) is 25.4 Å². The van der Waals surface area contributed by atoms with E-state index in [-0.39, 0.29) is 39.6 Å². The van der Waals surface area contributed by atoms with Gasteiger partial charge in [0.05, 0.1) is 5.97 Å². The fourth-order valence-corrected chi connectivity index (χ4v) is 0.684. The maximum Gasteiger partial charge on any atom is 0.175 e. The molecule has 0 aliphatic rings. The third kappa shape index (κ3) is 21.2. The van der Waals surface area contributed by atoms with Crippen molar-refractivity contribution in [2.24, 2.45) is 0 Å². The van der Waals surface area contributed by atoms with Gasteiger partial charge in [0.1, 0.15) is 11.6 Å². The summed E-state index contributed by atoms with van der Waals surface area (Å²) in [5.74, 6) is -8.55. The van der Waals surface area contributed by atoms with E-state index in [1.807, 2.05) is 0 Å². The zero-order chi connectivity index (χ0) is 15.8. The second-order valence-corrected chi connectivity index (χ2v) is 3.26. The predicted octanol–water partition coefficient (Wildman–Crippen LogP) is -7.77. The largest absolute Gasteiger partial charge is 0.550 e. The molecule has 0 fully saturated rings. The zero-order valence-electron chi connectivity index (χ0n) is 13.5. The van der Waals surface area contributed by atoms with Crippen LogP contribution in [0.25, 0.3) is 0 Å². The number of carbonyl (C=O) groups excluding carboxylic acids is 5. The minimum absolute atomic E-state index is 0. The van der Waals surface area contributed by atoms with Gasteiger partial charge in [-0.15, -0.1) is 0 Å². The molecule has 140 valence electrons. The highest BCUT2D eigenvalue weighted by molar-refractivity contribution is 6.92. The molecular weight excluding hydrogens is 392 g/mol. The maximum atomic E-state index is 10.1. The minimum atomic E-state index is -2.97. The van der Waals surface area contributed by atoms with Crippen LogP contribution in [0.5, 0.6) is 0 Å². The lowest BCUT2D eigenvalue weighted by atomic mass is 9.96. The molecule has 0 aromatic rings. The third-order valence-electron chi connectivity index (χ3n) is 1.54. The number of rotatable bonds is 6. The van der Waals surface area contributed by atoms with Gasteiger partial charge in [0.2, 0.25) is 0 Å². The molecule has 10 nitrogen and oxygen atoms in total. The molecule has 0 heterocycles. The van der Waals surface area contributed by atoms with Gasteiger partial charge in [-0.25, -0.2) is 0 Å². The van der Waals surface area contributed by atoms with Gasteiger partial charge in [-0.2, -0.15) is 0 Å². The lowest BCUT2D eigenvalue weighted by Gasteiger charge is -2.29. The number of hydrogen-bond acceptors (Lipinski definition) is 10. The molecule has 4 unspecified atom stereocenters. The fraction of sp³-hybridized carbons (Fsp3) is 0.444. The van der Waals surface area contributed by atoms with E-state index in [1.54, 1.807) is 0 Å². The van der Waals surface area contributed by atoms with Crippen molar-refractivity contribution in [3.63, 3.8) is 0 Å².